The lowest BCUT2D eigenvalue weighted by molar-refractivity contribution is -0.126. The molecule has 1 aliphatic rings. The Balaban J connectivity index is 0.000000810. The van der Waals surface area contributed by atoms with Crippen LogP contribution in [0.1, 0.15) is 13.8 Å². The Morgan fingerprint density at radius 2 is 1.40 bits per heavy atom. The third-order valence-electron chi connectivity index (χ3n) is 1.82. The van der Waals surface area contributed by atoms with Gasteiger partial charge in [0.05, 0.1) is 0 Å². The third-order valence-corrected chi connectivity index (χ3v) is 1.82. The van der Waals surface area contributed by atoms with Crippen LogP contribution in [0.25, 0.3) is 0 Å². The van der Waals surface area contributed by atoms with E-state index in [9.17, 15) is 9.59 Å². The van der Waals surface area contributed by atoms with E-state index in [1.165, 1.54) is 0 Å². The molecule has 58 valence electrons. The molecular weight excluding hydrogens is 154 g/mol. The average molecular weight is 164 g/mol. The number of halogens is 1. The van der Waals surface area contributed by atoms with Crippen molar-refractivity contribution < 1.29 is 9.59 Å². The van der Waals surface area contributed by atoms with Crippen LogP contribution in [0, 0.1) is 11.8 Å². The molecule has 0 aliphatic carbocycles. The summed E-state index contributed by atoms with van der Waals surface area (Å²) < 4.78 is 0. The fourth-order valence-electron chi connectivity index (χ4n) is 0.803. The Morgan fingerprint density at radius 1 is 1.10 bits per heavy atom. The molecule has 0 bridgehead atoms. The zero-order valence-electron chi connectivity index (χ0n) is 5.88. The molecule has 0 aromatic heterocycles. The molecule has 1 N–H and O–H groups in total. The predicted molar refractivity (Wildman–Crippen MR) is 38.7 cm³/mol. The molecule has 0 spiro atoms. The van der Waals surface area contributed by atoms with Crippen LogP contribution in [0.15, 0.2) is 0 Å². The molecule has 1 saturated heterocycles. The van der Waals surface area contributed by atoms with Crippen molar-refractivity contribution in [2.45, 2.75) is 13.8 Å². The molecule has 1 heterocycles. The van der Waals surface area contributed by atoms with Crippen LogP contribution in [0.2, 0.25) is 0 Å². The number of imide groups is 1. The summed E-state index contributed by atoms with van der Waals surface area (Å²) in [6.07, 6.45) is 0. The van der Waals surface area contributed by atoms with E-state index < -0.39 is 0 Å². The maximum Gasteiger partial charge on any atom is 0.230 e. The van der Waals surface area contributed by atoms with Crippen molar-refractivity contribution in [3.63, 3.8) is 0 Å². The van der Waals surface area contributed by atoms with Crippen molar-refractivity contribution in [3.8, 4) is 0 Å². The van der Waals surface area contributed by atoms with Gasteiger partial charge in [0, 0.05) is 11.8 Å². The first-order chi connectivity index (χ1) is 4.13. The van der Waals surface area contributed by atoms with Gasteiger partial charge in [0.2, 0.25) is 11.8 Å². The summed E-state index contributed by atoms with van der Waals surface area (Å²) in [7, 11) is 0. The summed E-state index contributed by atoms with van der Waals surface area (Å²) in [6.45, 7) is 3.51. The van der Waals surface area contributed by atoms with Crippen LogP contribution < -0.4 is 5.32 Å². The Kier molecular flexibility index (Phi) is 2.84. The number of carbonyl (C=O) groups excluding carboxylic acids is 2. The van der Waals surface area contributed by atoms with Crippen molar-refractivity contribution in [1.82, 2.24) is 5.32 Å². The lowest BCUT2D eigenvalue weighted by atomic mass is 10.00. The second-order valence-electron chi connectivity index (χ2n) is 2.43. The standard InChI is InChI=1S/C6H9NO2.ClH/c1-3-4(2)6(9)7-5(3)8;/h3-4H,1-2H3,(H,7,8,9);1H. The van der Waals surface area contributed by atoms with Gasteiger partial charge in [-0.25, -0.2) is 0 Å². The predicted octanol–water partition coefficient (Wildman–Crippen LogP) is 0.337. The zero-order valence-corrected chi connectivity index (χ0v) is 6.70. The van der Waals surface area contributed by atoms with E-state index in [0.717, 1.165) is 0 Å². The van der Waals surface area contributed by atoms with E-state index in [-0.39, 0.29) is 36.1 Å². The van der Waals surface area contributed by atoms with Gasteiger partial charge in [0.25, 0.3) is 0 Å². The van der Waals surface area contributed by atoms with Gasteiger partial charge in [-0.15, -0.1) is 12.4 Å². The molecule has 1 aliphatic heterocycles. The van der Waals surface area contributed by atoms with E-state index >= 15 is 0 Å². The van der Waals surface area contributed by atoms with Crippen LogP contribution in [0.5, 0.6) is 0 Å². The lowest BCUT2D eigenvalue weighted by Crippen LogP contribution is -2.21. The zero-order chi connectivity index (χ0) is 7.02. The van der Waals surface area contributed by atoms with Gasteiger partial charge >= 0.3 is 0 Å². The smallest absolute Gasteiger partial charge is 0.230 e. The summed E-state index contributed by atoms with van der Waals surface area (Å²) in [6, 6.07) is 0. The van der Waals surface area contributed by atoms with Crippen molar-refractivity contribution in [2.24, 2.45) is 11.8 Å². The number of hydrogen-bond acceptors (Lipinski definition) is 2. The van der Waals surface area contributed by atoms with E-state index in [2.05, 4.69) is 5.32 Å². The lowest BCUT2D eigenvalue weighted by Gasteiger charge is -1.99. The molecule has 3 nitrogen and oxygen atoms in total. The molecule has 0 saturated carbocycles. The molecular formula is C6H10ClNO2. The Labute approximate surface area is 65.6 Å². The minimum atomic E-state index is -0.146. The van der Waals surface area contributed by atoms with Crippen molar-refractivity contribution in [2.75, 3.05) is 0 Å². The highest BCUT2D eigenvalue weighted by molar-refractivity contribution is 6.04. The molecule has 10 heavy (non-hydrogen) atoms. The molecule has 2 atom stereocenters. The molecule has 2 unspecified atom stereocenters. The molecule has 0 radical (unpaired) electrons. The topological polar surface area (TPSA) is 46.2 Å². The number of amides is 2. The van der Waals surface area contributed by atoms with Crippen LogP contribution in [-0.4, -0.2) is 11.8 Å². The minimum Gasteiger partial charge on any atom is -0.296 e. The second-order valence-corrected chi connectivity index (χ2v) is 2.43. The first kappa shape index (κ1) is 9.43. The maximum atomic E-state index is 10.7. The Hall–Kier alpha value is -0.570. The van der Waals surface area contributed by atoms with Crippen LogP contribution in [0.3, 0.4) is 0 Å². The summed E-state index contributed by atoms with van der Waals surface area (Å²) in [4.78, 5) is 21.3. The van der Waals surface area contributed by atoms with Gasteiger partial charge in [-0.3, -0.25) is 14.9 Å². The van der Waals surface area contributed by atoms with E-state index in [0.29, 0.717) is 0 Å². The number of rotatable bonds is 0. The van der Waals surface area contributed by atoms with Crippen molar-refractivity contribution in [3.05, 3.63) is 0 Å². The molecule has 0 aromatic rings. The third kappa shape index (κ3) is 1.29. The van der Waals surface area contributed by atoms with E-state index in [1.54, 1.807) is 13.8 Å². The fraction of sp³-hybridized carbons (Fsp3) is 0.667. The highest BCUT2D eigenvalue weighted by Crippen LogP contribution is 2.16. The number of hydrogen-bond donors (Lipinski definition) is 1. The second kappa shape index (κ2) is 3.01. The van der Waals surface area contributed by atoms with Crippen LogP contribution in [0.4, 0.5) is 0 Å². The monoisotopic (exact) mass is 163 g/mol. The van der Waals surface area contributed by atoms with Crippen molar-refractivity contribution >= 4 is 24.2 Å². The summed E-state index contributed by atoms with van der Waals surface area (Å²) >= 11 is 0. The van der Waals surface area contributed by atoms with E-state index in [4.69, 9.17) is 0 Å². The van der Waals surface area contributed by atoms with Gasteiger partial charge < -0.3 is 0 Å². The van der Waals surface area contributed by atoms with Gasteiger partial charge in [-0.05, 0) is 0 Å². The highest BCUT2D eigenvalue weighted by atomic mass is 35.5. The molecule has 1 fully saturated rings. The first-order valence-corrected chi connectivity index (χ1v) is 2.97. The Morgan fingerprint density at radius 3 is 1.50 bits per heavy atom. The summed E-state index contributed by atoms with van der Waals surface area (Å²) in [5, 5.41) is 2.24. The van der Waals surface area contributed by atoms with E-state index in [1.807, 2.05) is 0 Å². The molecule has 1 rings (SSSR count). The number of carbonyl (C=O) groups is 2. The molecule has 4 heteroatoms. The largest absolute Gasteiger partial charge is 0.296 e. The highest BCUT2D eigenvalue weighted by Gasteiger charge is 2.34. The first-order valence-electron chi connectivity index (χ1n) is 2.97. The quantitative estimate of drug-likeness (QED) is 0.524. The summed E-state index contributed by atoms with van der Waals surface area (Å²) in [5.74, 6) is -0.574. The normalized spacial score (nSPS) is 31.4. The average Bonchev–Trinajstić information content (AvgIpc) is 1.98. The maximum absolute atomic E-state index is 10.7. The SMILES string of the molecule is CC1C(=O)NC(=O)C1C.Cl. The summed E-state index contributed by atoms with van der Waals surface area (Å²) in [5.41, 5.74) is 0. The molecule has 2 amide bonds. The van der Waals surface area contributed by atoms with Gasteiger partial charge in [0.1, 0.15) is 0 Å². The fourth-order valence-corrected chi connectivity index (χ4v) is 0.803. The minimum absolute atomic E-state index is 0. The Bertz CT molecular complexity index is 151. The van der Waals surface area contributed by atoms with Crippen LogP contribution in [-0.2, 0) is 9.59 Å². The van der Waals surface area contributed by atoms with Crippen molar-refractivity contribution in [1.29, 1.82) is 0 Å². The van der Waals surface area contributed by atoms with Gasteiger partial charge in [0.15, 0.2) is 0 Å². The van der Waals surface area contributed by atoms with Crippen LogP contribution >= 0.6 is 12.4 Å². The number of nitrogens with one attached hydrogen (secondary N) is 1. The molecule has 0 aromatic carbocycles. The van der Waals surface area contributed by atoms with Gasteiger partial charge in [-0.2, -0.15) is 0 Å². The van der Waals surface area contributed by atoms with Gasteiger partial charge in [-0.1, -0.05) is 13.8 Å².